The van der Waals surface area contributed by atoms with Crippen LogP contribution in [0.3, 0.4) is 0 Å². The topological polar surface area (TPSA) is 104 Å². The Balaban J connectivity index is 1.22. The number of carbonyl (C=O) groups is 1. The summed E-state index contributed by atoms with van der Waals surface area (Å²) >= 11 is 19.1. The monoisotopic (exact) mass is 802 g/mol. The SMILES string of the molecule is COc1ccc(NC(=S)N(NCCCc2ccc(OCc3ccccc3)cc2)C(=O)C(Cc2cccc(Cl)c2Cl)c2cncn2Cc2ccc(C#N)cc2)cc1. The first-order valence-corrected chi connectivity index (χ1v) is 19.2. The highest BCUT2D eigenvalue weighted by atomic mass is 35.5. The number of thiocarbonyl (C=S) groups is 1. The normalized spacial score (nSPS) is 11.3. The number of aryl methyl sites for hydroxylation is 1. The molecule has 0 saturated heterocycles. The van der Waals surface area contributed by atoms with Gasteiger partial charge in [0.1, 0.15) is 18.1 Å². The highest BCUT2D eigenvalue weighted by Crippen LogP contribution is 2.32. The third-order valence-electron chi connectivity index (χ3n) is 9.14. The molecule has 0 saturated carbocycles. The molecule has 0 radical (unpaired) electrons. The van der Waals surface area contributed by atoms with E-state index in [0.717, 1.165) is 28.9 Å². The number of hydrazine groups is 1. The molecule has 1 aromatic heterocycles. The van der Waals surface area contributed by atoms with E-state index in [0.29, 0.717) is 64.4 Å². The second-order valence-electron chi connectivity index (χ2n) is 13.0. The first-order valence-electron chi connectivity index (χ1n) is 18.0. The summed E-state index contributed by atoms with van der Waals surface area (Å²) in [6.07, 6.45) is 5.07. The summed E-state index contributed by atoms with van der Waals surface area (Å²) in [5.74, 6) is 0.399. The Bertz CT molecular complexity index is 2260. The number of methoxy groups -OCH3 is 1. The van der Waals surface area contributed by atoms with Gasteiger partial charge in [0.15, 0.2) is 5.11 Å². The molecule has 0 fully saturated rings. The van der Waals surface area contributed by atoms with Crippen molar-refractivity contribution in [2.45, 2.75) is 38.3 Å². The van der Waals surface area contributed by atoms with Gasteiger partial charge in [0.25, 0.3) is 5.91 Å². The molecule has 0 aliphatic carbocycles. The fraction of sp³-hybridized carbons (Fsp3) is 0.182. The van der Waals surface area contributed by atoms with Crippen LogP contribution >= 0.6 is 35.4 Å². The summed E-state index contributed by atoms with van der Waals surface area (Å²) in [6.45, 7) is 1.36. The minimum Gasteiger partial charge on any atom is -0.497 e. The Kier molecular flexibility index (Phi) is 14.1. The van der Waals surface area contributed by atoms with Crippen LogP contribution in [0, 0.1) is 11.3 Å². The van der Waals surface area contributed by atoms with E-state index in [1.54, 1.807) is 37.8 Å². The summed E-state index contributed by atoms with van der Waals surface area (Å²) in [6, 6.07) is 40.2. The minimum absolute atomic E-state index is 0.167. The summed E-state index contributed by atoms with van der Waals surface area (Å²) in [5, 5.41) is 14.9. The molecule has 0 aliphatic rings. The van der Waals surface area contributed by atoms with Gasteiger partial charge >= 0.3 is 0 Å². The lowest BCUT2D eigenvalue weighted by Gasteiger charge is -2.29. The van der Waals surface area contributed by atoms with Crippen LogP contribution in [0.25, 0.3) is 0 Å². The molecule has 56 heavy (non-hydrogen) atoms. The Hall–Kier alpha value is -5.70. The zero-order valence-electron chi connectivity index (χ0n) is 30.7. The molecule has 1 amide bonds. The molecule has 2 N–H and O–H groups in total. The molecule has 6 rings (SSSR count). The maximum atomic E-state index is 15.0. The van der Waals surface area contributed by atoms with E-state index < -0.39 is 5.92 Å². The van der Waals surface area contributed by atoms with E-state index in [9.17, 15) is 10.1 Å². The molecule has 0 aliphatic heterocycles. The van der Waals surface area contributed by atoms with Crippen molar-refractivity contribution < 1.29 is 14.3 Å². The molecule has 5 aromatic carbocycles. The van der Waals surface area contributed by atoms with E-state index in [2.05, 4.69) is 33.9 Å². The van der Waals surface area contributed by atoms with Gasteiger partial charge < -0.3 is 19.4 Å². The molecule has 12 heteroatoms. The van der Waals surface area contributed by atoms with Crippen LogP contribution in [0.4, 0.5) is 5.69 Å². The van der Waals surface area contributed by atoms with Crippen molar-refractivity contribution in [3.63, 3.8) is 0 Å². The number of imidazole rings is 1. The average Bonchev–Trinajstić information content (AvgIpc) is 3.69. The third-order valence-corrected chi connectivity index (χ3v) is 10.3. The molecule has 1 atom stereocenters. The quantitative estimate of drug-likeness (QED) is 0.0567. The molecule has 1 unspecified atom stereocenters. The zero-order valence-corrected chi connectivity index (χ0v) is 33.0. The van der Waals surface area contributed by atoms with Gasteiger partial charge in [0, 0.05) is 25.0 Å². The van der Waals surface area contributed by atoms with Crippen molar-refractivity contribution in [1.29, 1.82) is 5.26 Å². The second kappa shape index (κ2) is 19.8. The van der Waals surface area contributed by atoms with Crippen molar-refractivity contribution in [3.8, 4) is 17.6 Å². The Labute approximate surface area is 342 Å². The lowest BCUT2D eigenvalue weighted by Crippen LogP contribution is -2.51. The van der Waals surface area contributed by atoms with Crippen LogP contribution in [0.5, 0.6) is 11.5 Å². The molecular weight excluding hydrogens is 763 g/mol. The predicted octanol–water partition coefficient (Wildman–Crippen LogP) is 9.39. The van der Waals surface area contributed by atoms with Crippen molar-refractivity contribution in [2.75, 3.05) is 19.0 Å². The summed E-state index contributed by atoms with van der Waals surface area (Å²) in [7, 11) is 1.60. The highest BCUT2D eigenvalue weighted by molar-refractivity contribution is 7.80. The van der Waals surface area contributed by atoms with E-state index >= 15 is 0 Å². The molecule has 1 heterocycles. The smallest absolute Gasteiger partial charge is 0.252 e. The molecular formula is C44H40Cl2N6O3S. The number of halogens is 2. The number of hydrogen-bond donors (Lipinski definition) is 2. The third kappa shape index (κ3) is 10.7. The van der Waals surface area contributed by atoms with E-state index in [1.807, 2.05) is 95.6 Å². The van der Waals surface area contributed by atoms with E-state index in [-0.39, 0.29) is 17.4 Å². The van der Waals surface area contributed by atoms with Crippen molar-refractivity contribution in [1.82, 2.24) is 20.0 Å². The number of aromatic nitrogens is 2. The van der Waals surface area contributed by atoms with Gasteiger partial charge in [-0.25, -0.2) is 15.4 Å². The number of nitrogens with zero attached hydrogens (tertiary/aromatic N) is 4. The first kappa shape index (κ1) is 40.0. The number of ether oxygens (including phenoxy) is 2. The summed E-state index contributed by atoms with van der Waals surface area (Å²) in [4.78, 5) is 19.4. The fourth-order valence-corrected chi connectivity index (χ4v) is 6.78. The maximum Gasteiger partial charge on any atom is 0.252 e. The summed E-state index contributed by atoms with van der Waals surface area (Å²) < 4.78 is 13.2. The number of amides is 1. The van der Waals surface area contributed by atoms with Crippen LogP contribution in [0.15, 0.2) is 134 Å². The van der Waals surface area contributed by atoms with Gasteiger partial charge in [-0.1, -0.05) is 89.9 Å². The van der Waals surface area contributed by atoms with Crippen LogP contribution < -0.4 is 20.2 Å². The maximum absolute atomic E-state index is 15.0. The molecule has 0 bridgehead atoms. The van der Waals surface area contributed by atoms with Gasteiger partial charge in [-0.05, 0) is 108 Å². The Morgan fingerprint density at radius 1 is 0.893 bits per heavy atom. The Morgan fingerprint density at radius 2 is 1.61 bits per heavy atom. The van der Waals surface area contributed by atoms with Crippen molar-refractivity contribution in [2.24, 2.45) is 0 Å². The highest BCUT2D eigenvalue weighted by Gasteiger charge is 2.32. The zero-order chi connectivity index (χ0) is 39.3. The predicted molar refractivity (Wildman–Crippen MR) is 225 cm³/mol. The van der Waals surface area contributed by atoms with Gasteiger partial charge in [0.05, 0.1) is 46.7 Å². The molecule has 0 spiro atoms. The van der Waals surface area contributed by atoms with Crippen LogP contribution in [-0.4, -0.2) is 39.2 Å². The van der Waals surface area contributed by atoms with Gasteiger partial charge in [-0.3, -0.25) is 4.79 Å². The number of nitrogens with one attached hydrogen (secondary N) is 2. The second-order valence-corrected chi connectivity index (χ2v) is 14.2. The van der Waals surface area contributed by atoms with Crippen LogP contribution in [0.1, 0.15) is 45.8 Å². The minimum atomic E-state index is -0.779. The number of hydrogen-bond acceptors (Lipinski definition) is 7. The number of anilines is 1. The van der Waals surface area contributed by atoms with Gasteiger partial charge in [-0.15, -0.1) is 0 Å². The lowest BCUT2D eigenvalue weighted by molar-refractivity contribution is -0.131. The summed E-state index contributed by atoms with van der Waals surface area (Å²) in [5.41, 5.74) is 9.12. The number of nitriles is 1. The van der Waals surface area contributed by atoms with Crippen LogP contribution in [-0.2, 0) is 30.8 Å². The number of rotatable bonds is 16. The van der Waals surface area contributed by atoms with Gasteiger partial charge in [0.2, 0.25) is 0 Å². The molecule has 6 aromatic rings. The Morgan fingerprint density at radius 3 is 2.32 bits per heavy atom. The lowest BCUT2D eigenvalue weighted by atomic mass is 9.95. The first-order chi connectivity index (χ1) is 27.3. The average molecular weight is 804 g/mol. The molecule has 284 valence electrons. The van der Waals surface area contributed by atoms with E-state index in [4.69, 9.17) is 44.9 Å². The van der Waals surface area contributed by atoms with Crippen molar-refractivity contribution >= 4 is 52.1 Å². The molecule has 9 nitrogen and oxygen atoms in total. The fourth-order valence-electron chi connectivity index (χ4n) is 6.12. The standard InChI is InChI=1S/C44H40Cl2N6O3S/c1-54-37-22-18-36(19-23-37)50-44(56)52(49-24-6-9-31-16-20-38(21-17-31)55-29-34-7-3-2-4-8-34)43(53)39(25-35-10-5-11-40(45)42(35)46)41-27-48-30-51(41)28-33-14-12-32(26-47)13-15-33/h2-5,7-8,10-23,27,30,39,49H,6,9,24-25,28-29H2,1H3,(H,50,56). The number of benzene rings is 5. The van der Waals surface area contributed by atoms with Crippen molar-refractivity contribution in [3.05, 3.63) is 177 Å². The van der Waals surface area contributed by atoms with Gasteiger partial charge in [-0.2, -0.15) is 5.26 Å². The largest absolute Gasteiger partial charge is 0.497 e. The number of carbonyl (C=O) groups excluding carboxylic acids is 1. The van der Waals surface area contributed by atoms with E-state index in [1.165, 1.54) is 5.01 Å². The van der Waals surface area contributed by atoms with Crippen LogP contribution in [0.2, 0.25) is 10.0 Å².